The lowest BCUT2D eigenvalue weighted by Crippen LogP contribution is -2.10. The lowest BCUT2D eigenvalue weighted by molar-refractivity contribution is 0.284. The van der Waals surface area contributed by atoms with E-state index in [4.69, 9.17) is 27.4 Å². The van der Waals surface area contributed by atoms with Crippen molar-refractivity contribution >= 4 is 17.2 Å². The number of methoxy groups -OCH3 is 1. The third-order valence-electron chi connectivity index (χ3n) is 2.81. The molecule has 0 aliphatic heterocycles. The van der Waals surface area contributed by atoms with E-state index in [-0.39, 0.29) is 17.3 Å². The van der Waals surface area contributed by atoms with Crippen molar-refractivity contribution in [2.24, 2.45) is 5.73 Å². The first-order valence-electron chi connectivity index (χ1n) is 6.23. The van der Waals surface area contributed by atoms with Crippen LogP contribution in [-0.4, -0.2) is 17.1 Å². The maximum atomic E-state index is 13.9. The number of aryl methyl sites for hydroxylation is 1. The molecule has 1 aromatic heterocycles. The first-order chi connectivity index (χ1) is 9.99. The molecule has 2 rings (SSSR count). The van der Waals surface area contributed by atoms with E-state index >= 15 is 0 Å². The second kappa shape index (κ2) is 6.49. The van der Waals surface area contributed by atoms with Gasteiger partial charge in [0.1, 0.15) is 17.3 Å². The SMILES string of the molecule is COc1cc(C)nc(COc2ccc(C(N)=S)cc2F)c1. The van der Waals surface area contributed by atoms with Crippen LogP contribution in [-0.2, 0) is 6.61 Å². The third-order valence-corrected chi connectivity index (χ3v) is 3.04. The number of pyridine rings is 1. The zero-order chi connectivity index (χ0) is 15.4. The van der Waals surface area contributed by atoms with E-state index in [0.717, 1.165) is 5.69 Å². The van der Waals surface area contributed by atoms with Crippen molar-refractivity contribution in [2.45, 2.75) is 13.5 Å². The van der Waals surface area contributed by atoms with Gasteiger partial charge in [-0.2, -0.15) is 0 Å². The molecular weight excluding hydrogens is 291 g/mol. The quantitative estimate of drug-likeness (QED) is 0.861. The number of benzene rings is 1. The van der Waals surface area contributed by atoms with Crippen LogP contribution in [0.25, 0.3) is 0 Å². The second-order valence-electron chi connectivity index (χ2n) is 4.44. The molecule has 0 aliphatic rings. The summed E-state index contributed by atoms with van der Waals surface area (Å²) in [5, 5.41) is 0. The number of halogens is 1. The zero-order valence-corrected chi connectivity index (χ0v) is 12.5. The predicted octanol–water partition coefficient (Wildman–Crippen LogP) is 2.75. The van der Waals surface area contributed by atoms with Gasteiger partial charge in [-0.05, 0) is 25.1 Å². The summed E-state index contributed by atoms with van der Waals surface area (Å²) in [7, 11) is 1.58. The smallest absolute Gasteiger partial charge is 0.165 e. The Bertz CT molecular complexity index is 677. The molecule has 0 unspecified atom stereocenters. The van der Waals surface area contributed by atoms with Gasteiger partial charge in [-0.3, -0.25) is 4.98 Å². The number of thiocarbonyl (C=S) groups is 1. The Labute approximate surface area is 127 Å². The summed E-state index contributed by atoms with van der Waals surface area (Å²) in [4.78, 5) is 4.45. The summed E-state index contributed by atoms with van der Waals surface area (Å²) in [6, 6.07) is 7.92. The number of rotatable bonds is 5. The fourth-order valence-electron chi connectivity index (χ4n) is 1.82. The average Bonchev–Trinajstić information content (AvgIpc) is 2.45. The first-order valence-corrected chi connectivity index (χ1v) is 6.64. The van der Waals surface area contributed by atoms with E-state index in [1.54, 1.807) is 25.3 Å². The van der Waals surface area contributed by atoms with E-state index in [0.29, 0.717) is 17.0 Å². The summed E-state index contributed by atoms with van der Waals surface area (Å²) in [6.07, 6.45) is 0. The standard InChI is InChI=1S/C15H15FN2O2S/c1-9-5-12(19-2)7-11(18-9)8-20-14-4-3-10(15(17)21)6-13(14)16/h3-7H,8H2,1-2H3,(H2,17,21). The predicted molar refractivity (Wildman–Crippen MR) is 82.1 cm³/mol. The van der Waals surface area contributed by atoms with Gasteiger partial charge in [0.25, 0.3) is 0 Å². The molecule has 0 saturated heterocycles. The fourth-order valence-corrected chi connectivity index (χ4v) is 1.94. The molecular formula is C15H15FN2O2S. The summed E-state index contributed by atoms with van der Waals surface area (Å²) in [6.45, 7) is 1.99. The first kappa shape index (κ1) is 15.2. The molecule has 110 valence electrons. The fraction of sp³-hybridized carbons (Fsp3) is 0.200. The van der Waals surface area contributed by atoms with Crippen molar-refractivity contribution in [1.82, 2.24) is 4.98 Å². The number of nitrogens with zero attached hydrogens (tertiary/aromatic N) is 1. The van der Waals surface area contributed by atoms with E-state index in [1.807, 2.05) is 6.92 Å². The largest absolute Gasteiger partial charge is 0.497 e. The molecule has 0 amide bonds. The molecule has 2 aromatic rings. The molecule has 0 aliphatic carbocycles. The maximum absolute atomic E-state index is 13.9. The summed E-state index contributed by atoms with van der Waals surface area (Å²) in [5.41, 5.74) is 7.37. The van der Waals surface area contributed by atoms with Gasteiger partial charge in [0.15, 0.2) is 11.6 Å². The highest BCUT2D eigenvalue weighted by Gasteiger charge is 2.08. The Morgan fingerprint density at radius 2 is 2.10 bits per heavy atom. The summed E-state index contributed by atoms with van der Waals surface area (Å²) >= 11 is 4.79. The van der Waals surface area contributed by atoms with Crippen LogP contribution in [0.4, 0.5) is 4.39 Å². The van der Waals surface area contributed by atoms with Crippen LogP contribution in [0.5, 0.6) is 11.5 Å². The monoisotopic (exact) mass is 306 g/mol. The minimum absolute atomic E-state index is 0.122. The van der Waals surface area contributed by atoms with Gasteiger partial charge in [-0.25, -0.2) is 4.39 Å². The molecule has 0 fully saturated rings. The molecule has 4 nitrogen and oxygen atoms in total. The van der Waals surface area contributed by atoms with Gasteiger partial charge in [-0.15, -0.1) is 0 Å². The maximum Gasteiger partial charge on any atom is 0.165 e. The molecule has 0 saturated carbocycles. The Morgan fingerprint density at radius 1 is 1.33 bits per heavy atom. The van der Waals surface area contributed by atoms with Gasteiger partial charge in [0.05, 0.1) is 12.8 Å². The molecule has 0 bridgehead atoms. The van der Waals surface area contributed by atoms with E-state index in [1.165, 1.54) is 12.1 Å². The van der Waals surface area contributed by atoms with Crippen molar-refractivity contribution in [3.05, 3.63) is 53.1 Å². The topological polar surface area (TPSA) is 57.4 Å². The lowest BCUT2D eigenvalue weighted by atomic mass is 10.2. The van der Waals surface area contributed by atoms with Crippen LogP contribution in [0.3, 0.4) is 0 Å². The average molecular weight is 306 g/mol. The number of ether oxygens (including phenoxy) is 2. The van der Waals surface area contributed by atoms with Crippen molar-refractivity contribution in [1.29, 1.82) is 0 Å². The number of hydrogen-bond acceptors (Lipinski definition) is 4. The van der Waals surface area contributed by atoms with Crippen LogP contribution in [0.2, 0.25) is 0 Å². The molecule has 6 heteroatoms. The van der Waals surface area contributed by atoms with Crippen molar-refractivity contribution in [3.63, 3.8) is 0 Å². The normalized spacial score (nSPS) is 10.2. The van der Waals surface area contributed by atoms with Gasteiger partial charge in [0.2, 0.25) is 0 Å². The molecule has 2 N–H and O–H groups in total. The minimum atomic E-state index is -0.514. The number of hydrogen-bond donors (Lipinski definition) is 1. The second-order valence-corrected chi connectivity index (χ2v) is 4.88. The third kappa shape index (κ3) is 3.88. The van der Waals surface area contributed by atoms with Crippen LogP contribution in [0, 0.1) is 12.7 Å². The van der Waals surface area contributed by atoms with E-state index < -0.39 is 5.82 Å². The molecule has 21 heavy (non-hydrogen) atoms. The van der Waals surface area contributed by atoms with Crippen LogP contribution < -0.4 is 15.2 Å². The molecule has 0 spiro atoms. The van der Waals surface area contributed by atoms with E-state index in [9.17, 15) is 4.39 Å². The Kier molecular flexibility index (Phi) is 4.70. The highest BCUT2D eigenvalue weighted by molar-refractivity contribution is 7.80. The highest BCUT2D eigenvalue weighted by Crippen LogP contribution is 2.20. The van der Waals surface area contributed by atoms with Gasteiger partial charge in [0, 0.05) is 23.4 Å². The number of nitrogens with two attached hydrogens (primary N) is 1. The number of aromatic nitrogens is 1. The van der Waals surface area contributed by atoms with Crippen molar-refractivity contribution < 1.29 is 13.9 Å². The molecule has 0 atom stereocenters. The van der Waals surface area contributed by atoms with Gasteiger partial charge in [-0.1, -0.05) is 12.2 Å². The van der Waals surface area contributed by atoms with Crippen LogP contribution in [0.15, 0.2) is 30.3 Å². The molecule has 0 radical (unpaired) electrons. The van der Waals surface area contributed by atoms with E-state index in [2.05, 4.69) is 4.98 Å². The minimum Gasteiger partial charge on any atom is -0.497 e. The Morgan fingerprint density at radius 3 is 2.71 bits per heavy atom. The summed E-state index contributed by atoms with van der Waals surface area (Å²) < 4.78 is 24.4. The Balaban J connectivity index is 2.13. The van der Waals surface area contributed by atoms with Crippen molar-refractivity contribution in [2.75, 3.05) is 7.11 Å². The highest BCUT2D eigenvalue weighted by atomic mass is 32.1. The van der Waals surface area contributed by atoms with Gasteiger partial charge < -0.3 is 15.2 Å². The zero-order valence-electron chi connectivity index (χ0n) is 11.7. The van der Waals surface area contributed by atoms with Crippen LogP contribution >= 0.6 is 12.2 Å². The molecule has 1 aromatic carbocycles. The van der Waals surface area contributed by atoms with Gasteiger partial charge >= 0.3 is 0 Å². The lowest BCUT2D eigenvalue weighted by Gasteiger charge is -2.09. The van der Waals surface area contributed by atoms with Crippen molar-refractivity contribution in [3.8, 4) is 11.5 Å². The molecule has 1 heterocycles. The van der Waals surface area contributed by atoms with Crippen LogP contribution in [0.1, 0.15) is 17.0 Å². The summed E-state index contributed by atoms with van der Waals surface area (Å²) in [5.74, 6) is 0.294. The Hall–Kier alpha value is -2.21.